The molecule has 2 N–H and O–H groups in total. The van der Waals surface area contributed by atoms with Gasteiger partial charge in [0.25, 0.3) is 0 Å². The summed E-state index contributed by atoms with van der Waals surface area (Å²) in [4.78, 5) is 2.18. The van der Waals surface area contributed by atoms with Crippen molar-refractivity contribution in [3.63, 3.8) is 0 Å². The molecule has 0 bridgehead atoms. The summed E-state index contributed by atoms with van der Waals surface area (Å²) < 4.78 is 22.1. The van der Waals surface area contributed by atoms with Crippen molar-refractivity contribution in [1.82, 2.24) is 10.2 Å². The number of aromatic nitrogens is 2. The van der Waals surface area contributed by atoms with E-state index >= 15 is 0 Å². The van der Waals surface area contributed by atoms with Crippen molar-refractivity contribution in [3.8, 4) is 0 Å². The highest BCUT2D eigenvalue weighted by Crippen LogP contribution is 2.29. The van der Waals surface area contributed by atoms with E-state index in [0.29, 0.717) is 5.92 Å². The van der Waals surface area contributed by atoms with Crippen molar-refractivity contribution >= 4 is 26.5 Å². The van der Waals surface area contributed by atoms with Gasteiger partial charge < -0.3 is 4.90 Å². The van der Waals surface area contributed by atoms with Gasteiger partial charge in [-0.15, -0.1) is 10.2 Å². The van der Waals surface area contributed by atoms with Gasteiger partial charge in [0.15, 0.2) is 0 Å². The molecule has 1 aliphatic heterocycles. The average Bonchev–Trinajstić information content (AvgIpc) is 2.77. The summed E-state index contributed by atoms with van der Waals surface area (Å²) >= 11 is 1.62. The number of nitrogens with zero attached hydrogens (tertiary/aromatic N) is 3. The van der Waals surface area contributed by atoms with E-state index in [2.05, 4.69) is 28.9 Å². The van der Waals surface area contributed by atoms with Crippen molar-refractivity contribution in [2.24, 2.45) is 11.1 Å². The van der Waals surface area contributed by atoms with Gasteiger partial charge in [0.2, 0.25) is 15.2 Å². The van der Waals surface area contributed by atoms with E-state index < -0.39 is 10.0 Å². The van der Waals surface area contributed by atoms with Crippen LogP contribution in [-0.4, -0.2) is 37.5 Å². The lowest BCUT2D eigenvalue weighted by Gasteiger charge is -2.30. The fourth-order valence-electron chi connectivity index (χ4n) is 2.21. The van der Waals surface area contributed by atoms with Crippen LogP contribution in [0.5, 0.6) is 0 Å². The number of primary sulfonamides is 1. The lowest BCUT2D eigenvalue weighted by molar-refractivity contribution is 0.435. The molecule has 6 nitrogen and oxygen atoms in total. The Hall–Kier alpha value is -0.730. The predicted octanol–water partition coefficient (Wildman–Crippen LogP) is 1.17. The van der Waals surface area contributed by atoms with Gasteiger partial charge in [0.05, 0.1) is 5.75 Å². The molecule has 0 atom stereocenters. The second kappa shape index (κ2) is 5.72. The topological polar surface area (TPSA) is 89.2 Å². The molecular formula is C11H20N4O2S2. The fraction of sp³-hybridized carbons (Fsp3) is 0.818. The van der Waals surface area contributed by atoms with Crippen LogP contribution in [-0.2, 0) is 10.0 Å². The van der Waals surface area contributed by atoms with Gasteiger partial charge in [-0.1, -0.05) is 25.2 Å². The van der Waals surface area contributed by atoms with Crippen LogP contribution >= 0.6 is 11.3 Å². The Bertz CT molecular complexity index is 519. The quantitative estimate of drug-likeness (QED) is 0.902. The smallest absolute Gasteiger partial charge is 0.209 e. The predicted molar refractivity (Wildman–Crippen MR) is 76.9 cm³/mol. The lowest BCUT2D eigenvalue weighted by Crippen LogP contribution is -2.37. The fourth-order valence-corrected chi connectivity index (χ4v) is 4.10. The highest BCUT2D eigenvalue weighted by Gasteiger charge is 2.24. The number of anilines is 1. The summed E-state index contributed by atoms with van der Waals surface area (Å²) in [5, 5.41) is 15.5. The van der Waals surface area contributed by atoms with Gasteiger partial charge >= 0.3 is 0 Å². The summed E-state index contributed by atoms with van der Waals surface area (Å²) in [6.45, 7) is 5.85. The van der Waals surface area contributed by atoms with Crippen LogP contribution in [0.1, 0.15) is 37.6 Å². The third-order valence-corrected chi connectivity index (χ3v) is 5.50. The average molecular weight is 304 g/mol. The molecule has 2 rings (SSSR count). The molecule has 1 saturated heterocycles. The molecule has 1 aliphatic rings. The summed E-state index contributed by atoms with van der Waals surface area (Å²) in [6, 6.07) is 0. The minimum atomic E-state index is -3.36. The van der Waals surface area contributed by atoms with Crippen molar-refractivity contribution in [3.05, 3.63) is 5.01 Å². The Kier molecular flexibility index (Phi) is 4.42. The number of hydrogen-bond donors (Lipinski definition) is 1. The molecule has 0 aliphatic carbocycles. The molecule has 8 heteroatoms. The van der Waals surface area contributed by atoms with E-state index in [1.807, 2.05) is 0 Å². The Balaban J connectivity index is 1.92. The van der Waals surface area contributed by atoms with Gasteiger partial charge in [-0.25, -0.2) is 13.6 Å². The van der Waals surface area contributed by atoms with Gasteiger partial charge in [-0.2, -0.15) is 0 Å². The summed E-state index contributed by atoms with van der Waals surface area (Å²) in [6.07, 6.45) is 1.68. The van der Waals surface area contributed by atoms with Crippen LogP contribution in [0.3, 0.4) is 0 Å². The van der Waals surface area contributed by atoms with Crippen molar-refractivity contribution in [2.45, 2.75) is 32.6 Å². The molecule has 0 spiro atoms. The first-order chi connectivity index (χ1) is 8.85. The minimum Gasteiger partial charge on any atom is -0.347 e. The second-order valence-electron chi connectivity index (χ2n) is 5.34. The SMILES string of the molecule is CC(C)c1nnc(N2CCC(CS(N)(=O)=O)CC2)s1. The van der Waals surface area contributed by atoms with Crippen LogP contribution < -0.4 is 10.0 Å². The van der Waals surface area contributed by atoms with Crippen LogP contribution in [0.4, 0.5) is 5.13 Å². The maximum Gasteiger partial charge on any atom is 0.209 e. The number of nitrogens with two attached hydrogens (primary N) is 1. The molecule has 0 radical (unpaired) electrons. The van der Waals surface area contributed by atoms with E-state index in [-0.39, 0.29) is 11.7 Å². The molecule has 19 heavy (non-hydrogen) atoms. The van der Waals surface area contributed by atoms with Crippen LogP contribution in [0, 0.1) is 5.92 Å². The maximum absolute atomic E-state index is 11.1. The summed E-state index contributed by atoms with van der Waals surface area (Å²) in [5.41, 5.74) is 0. The van der Waals surface area contributed by atoms with Crippen LogP contribution in [0.15, 0.2) is 0 Å². The van der Waals surface area contributed by atoms with Crippen LogP contribution in [0.2, 0.25) is 0 Å². The maximum atomic E-state index is 11.1. The third-order valence-electron chi connectivity index (χ3n) is 3.28. The first-order valence-electron chi connectivity index (χ1n) is 6.44. The Labute approximate surface area is 118 Å². The Morgan fingerprint density at radius 3 is 2.47 bits per heavy atom. The van der Waals surface area contributed by atoms with Crippen molar-refractivity contribution < 1.29 is 8.42 Å². The highest BCUT2D eigenvalue weighted by atomic mass is 32.2. The molecule has 1 aromatic heterocycles. The molecule has 1 aromatic rings. The molecule has 0 amide bonds. The molecule has 1 fully saturated rings. The molecular weight excluding hydrogens is 284 g/mol. The van der Waals surface area contributed by atoms with E-state index in [1.165, 1.54) is 0 Å². The number of rotatable bonds is 4. The number of sulfonamides is 1. The zero-order chi connectivity index (χ0) is 14.0. The van der Waals surface area contributed by atoms with Crippen LogP contribution in [0.25, 0.3) is 0 Å². The normalized spacial score (nSPS) is 18.2. The molecule has 0 unspecified atom stereocenters. The largest absolute Gasteiger partial charge is 0.347 e. The van der Waals surface area contributed by atoms with Crippen molar-refractivity contribution in [1.29, 1.82) is 0 Å². The van der Waals surface area contributed by atoms with Crippen molar-refractivity contribution in [2.75, 3.05) is 23.7 Å². The monoisotopic (exact) mass is 304 g/mol. The Morgan fingerprint density at radius 2 is 2.00 bits per heavy atom. The zero-order valence-corrected chi connectivity index (χ0v) is 12.9. The highest BCUT2D eigenvalue weighted by molar-refractivity contribution is 7.89. The first kappa shape index (κ1) is 14.7. The Morgan fingerprint density at radius 1 is 1.37 bits per heavy atom. The lowest BCUT2D eigenvalue weighted by atomic mass is 9.99. The van der Waals surface area contributed by atoms with E-state index in [4.69, 9.17) is 5.14 Å². The molecule has 0 saturated carbocycles. The molecule has 0 aromatic carbocycles. The summed E-state index contributed by atoms with van der Waals surface area (Å²) in [7, 11) is -3.36. The molecule has 108 valence electrons. The van der Waals surface area contributed by atoms with Gasteiger partial charge in [-0.05, 0) is 18.8 Å². The van der Waals surface area contributed by atoms with E-state index in [9.17, 15) is 8.42 Å². The minimum absolute atomic E-state index is 0.0915. The van der Waals surface area contributed by atoms with E-state index in [1.54, 1.807) is 11.3 Å². The summed E-state index contributed by atoms with van der Waals surface area (Å²) in [5.74, 6) is 0.656. The molecule has 2 heterocycles. The zero-order valence-electron chi connectivity index (χ0n) is 11.2. The van der Waals surface area contributed by atoms with Gasteiger partial charge in [-0.3, -0.25) is 0 Å². The van der Waals surface area contributed by atoms with Gasteiger partial charge in [0, 0.05) is 19.0 Å². The van der Waals surface area contributed by atoms with Gasteiger partial charge in [0.1, 0.15) is 5.01 Å². The second-order valence-corrected chi connectivity index (χ2v) is 7.98. The number of piperidine rings is 1. The first-order valence-corrected chi connectivity index (χ1v) is 8.97. The van der Waals surface area contributed by atoms with E-state index in [0.717, 1.165) is 36.1 Å². The standard InChI is InChI=1S/C11H20N4O2S2/c1-8(2)10-13-14-11(18-10)15-5-3-9(4-6-15)7-19(12,16)17/h8-9H,3-7H2,1-2H3,(H2,12,16,17). The number of hydrogen-bond acceptors (Lipinski definition) is 6. The third kappa shape index (κ3) is 4.12.